The third-order valence-corrected chi connectivity index (χ3v) is 2.82. The summed E-state index contributed by atoms with van der Waals surface area (Å²) in [4.78, 5) is 0. The fourth-order valence-corrected chi connectivity index (χ4v) is 2.07. The maximum atomic E-state index is 13.2. The molecule has 1 nitrogen and oxygen atoms in total. The SMILES string of the molecule is CC(CCBr)CCOc1ccc(F)cc1F. The van der Waals surface area contributed by atoms with E-state index in [1.807, 2.05) is 0 Å². The van der Waals surface area contributed by atoms with E-state index in [4.69, 9.17) is 4.74 Å². The minimum absolute atomic E-state index is 0.118. The van der Waals surface area contributed by atoms with E-state index in [1.165, 1.54) is 12.1 Å². The van der Waals surface area contributed by atoms with E-state index < -0.39 is 11.6 Å². The van der Waals surface area contributed by atoms with Gasteiger partial charge >= 0.3 is 0 Å². The van der Waals surface area contributed by atoms with Gasteiger partial charge in [-0.05, 0) is 30.9 Å². The second-order valence-electron chi connectivity index (χ2n) is 3.79. The van der Waals surface area contributed by atoms with Crippen molar-refractivity contribution < 1.29 is 13.5 Å². The Hall–Kier alpha value is -0.640. The van der Waals surface area contributed by atoms with Gasteiger partial charge in [0, 0.05) is 11.4 Å². The van der Waals surface area contributed by atoms with Gasteiger partial charge in [0.1, 0.15) is 5.82 Å². The molecule has 0 aliphatic carbocycles. The molecule has 1 aromatic rings. The predicted molar refractivity (Wildman–Crippen MR) is 64.0 cm³/mol. The monoisotopic (exact) mass is 292 g/mol. The molecule has 0 amide bonds. The van der Waals surface area contributed by atoms with Crippen LogP contribution in [-0.2, 0) is 0 Å². The van der Waals surface area contributed by atoms with Crippen LogP contribution >= 0.6 is 15.9 Å². The molecule has 0 bridgehead atoms. The molecule has 0 aliphatic rings. The molecule has 0 N–H and O–H groups in total. The van der Waals surface area contributed by atoms with Crippen molar-refractivity contribution in [2.24, 2.45) is 5.92 Å². The molecule has 1 aromatic carbocycles. The van der Waals surface area contributed by atoms with Gasteiger partial charge < -0.3 is 4.74 Å². The van der Waals surface area contributed by atoms with E-state index in [-0.39, 0.29) is 5.75 Å². The van der Waals surface area contributed by atoms with Crippen LogP contribution < -0.4 is 4.74 Å². The van der Waals surface area contributed by atoms with Crippen LogP contribution in [0.1, 0.15) is 19.8 Å². The van der Waals surface area contributed by atoms with E-state index in [2.05, 4.69) is 22.9 Å². The van der Waals surface area contributed by atoms with Gasteiger partial charge in [-0.15, -0.1) is 0 Å². The Labute approximate surface area is 103 Å². The summed E-state index contributed by atoms with van der Waals surface area (Å²) in [5.74, 6) is -0.582. The lowest BCUT2D eigenvalue weighted by atomic mass is 10.1. The Morgan fingerprint density at radius 3 is 2.69 bits per heavy atom. The van der Waals surface area contributed by atoms with E-state index in [0.717, 1.165) is 24.2 Å². The smallest absolute Gasteiger partial charge is 0.167 e. The van der Waals surface area contributed by atoms with Crippen LogP contribution in [0.4, 0.5) is 8.78 Å². The van der Waals surface area contributed by atoms with Crippen LogP contribution in [0, 0.1) is 17.6 Å². The highest BCUT2D eigenvalue weighted by Crippen LogP contribution is 2.18. The topological polar surface area (TPSA) is 9.23 Å². The van der Waals surface area contributed by atoms with Crippen LogP contribution in [0.5, 0.6) is 5.75 Å². The first-order valence-electron chi connectivity index (χ1n) is 5.27. The van der Waals surface area contributed by atoms with Crippen molar-refractivity contribution in [3.05, 3.63) is 29.8 Å². The number of hydrogen-bond donors (Lipinski definition) is 0. The lowest BCUT2D eigenvalue weighted by Gasteiger charge is -2.11. The van der Waals surface area contributed by atoms with Gasteiger partial charge in [-0.1, -0.05) is 22.9 Å². The first-order chi connectivity index (χ1) is 7.63. The van der Waals surface area contributed by atoms with Crippen molar-refractivity contribution in [3.8, 4) is 5.75 Å². The molecule has 16 heavy (non-hydrogen) atoms. The lowest BCUT2D eigenvalue weighted by molar-refractivity contribution is 0.270. The van der Waals surface area contributed by atoms with Gasteiger partial charge in [-0.3, -0.25) is 0 Å². The van der Waals surface area contributed by atoms with Gasteiger partial charge in [-0.2, -0.15) is 0 Å². The molecule has 1 atom stereocenters. The summed E-state index contributed by atoms with van der Waals surface area (Å²) < 4.78 is 31.0. The highest BCUT2D eigenvalue weighted by Gasteiger charge is 2.06. The van der Waals surface area contributed by atoms with Crippen LogP contribution in [0.3, 0.4) is 0 Å². The van der Waals surface area contributed by atoms with E-state index in [9.17, 15) is 8.78 Å². The van der Waals surface area contributed by atoms with Gasteiger partial charge in [0.2, 0.25) is 0 Å². The summed E-state index contributed by atoms with van der Waals surface area (Å²) in [6.07, 6.45) is 1.93. The summed E-state index contributed by atoms with van der Waals surface area (Å²) in [7, 11) is 0. The Morgan fingerprint density at radius 2 is 2.06 bits per heavy atom. The molecule has 0 radical (unpaired) electrons. The second kappa shape index (κ2) is 6.84. The average molecular weight is 293 g/mol. The zero-order valence-corrected chi connectivity index (χ0v) is 10.8. The maximum absolute atomic E-state index is 13.2. The lowest BCUT2D eigenvalue weighted by Crippen LogP contribution is -2.05. The fraction of sp³-hybridized carbons (Fsp3) is 0.500. The molecule has 0 aliphatic heterocycles. The quantitative estimate of drug-likeness (QED) is 0.716. The molecular formula is C12H15BrF2O. The summed E-state index contributed by atoms with van der Waals surface area (Å²) in [6, 6.07) is 3.34. The van der Waals surface area contributed by atoms with Crippen molar-refractivity contribution in [3.63, 3.8) is 0 Å². The van der Waals surface area contributed by atoms with E-state index in [1.54, 1.807) is 0 Å². The molecule has 0 fully saturated rings. The molecule has 0 aromatic heterocycles. The number of ether oxygens (including phenoxy) is 1. The summed E-state index contributed by atoms with van der Waals surface area (Å²) in [5.41, 5.74) is 0. The summed E-state index contributed by atoms with van der Waals surface area (Å²) in [5, 5.41) is 0.957. The first kappa shape index (κ1) is 13.4. The minimum Gasteiger partial charge on any atom is -0.491 e. The number of benzene rings is 1. The van der Waals surface area contributed by atoms with Crippen LogP contribution in [0.2, 0.25) is 0 Å². The number of rotatable bonds is 6. The van der Waals surface area contributed by atoms with Crippen LogP contribution in [0.15, 0.2) is 18.2 Å². The van der Waals surface area contributed by atoms with Gasteiger partial charge in [0.15, 0.2) is 11.6 Å². The number of hydrogen-bond acceptors (Lipinski definition) is 1. The molecule has 0 spiro atoms. The van der Waals surface area contributed by atoms with Gasteiger partial charge in [0.05, 0.1) is 6.61 Å². The number of halogens is 3. The standard InChI is InChI=1S/C12H15BrF2O/c1-9(4-6-13)5-7-16-12-3-2-10(14)8-11(12)15/h2-3,8-9H,4-7H2,1H3. The molecule has 0 saturated heterocycles. The molecule has 4 heteroatoms. The Kier molecular flexibility index (Phi) is 5.74. The van der Waals surface area contributed by atoms with Crippen molar-refractivity contribution in [2.75, 3.05) is 11.9 Å². The maximum Gasteiger partial charge on any atom is 0.167 e. The third-order valence-electron chi connectivity index (χ3n) is 2.36. The van der Waals surface area contributed by atoms with Crippen molar-refractivity contribution in [1.82, 2.24) is 0 Å². The molecule has 0 saturated carbocycles. The van der Waals surface area contributed by atoms with E-state index >= 15 is 0 Å². The third kappa shape index (κ3) is 4.47. The van der Waals surface area contributed by atoms with E-state index in [0.29, 0.717) is 12.5 Å². The fourth-order valence-electron chi connectivity index (χ4n) is 1.29. The van der Waals surface area contributed by atoms with Crippen LogP contribution in [-0.4, -0.2) is 11.9 Å². The van der Waals surface area contributed by atoms with Crippen molar-refractivity contribution in [1.29, 1.82) is 0 Å². The Morgan fingerprint density at radius 1 is 1.31 bits per heavy atom. The molecular weight excluding hydrogens is 278 g/mol. The Balaban J connectivity index is 2.37. The first-order valence-corrected chi connectivity index (χ1v) is 6.39. The second-order valence-corrected chi connectivity index (χ2v) is 4.59. The molecule has 0 heterocycles. The summed E-state index contributed by atoms with van der Waals surface area (Å²) >= 11 is 3.36. The van der Waals surface area contributed by atoms with Crippen LogP contribution in [0.25, 0.3) is 0 Å². The van der Waals surface area contributed by atoms with Gasteiger partial charge in [0.25, 0.3) is 0 Å². The highest BCUT2D eigenvalue weighted by molar-refractivity contribution is 9.09. The zero-order chi connectivity index (χ0) is 12.0. The summed E-state index contributed by atoms with van der Waals surface area (Å²) in [6.45, 7) is 2.57. The average Bonchev–Trinajstić information content (AvgIpc) is 2.22. The predicted octanol–water partition coefficient (Wildman–Crippen LogP) is 4.15. The molecule has 1 rings (SSSR count). The largest absolute Gasteiger partial charge is 0.491 e. The Bertz CT molecular complexity index is 331. The highest BCUT2D eigenvalue weighted by atomic mass is 79.9. The zero-order valence-electron chi connectivity index (χ0n) is 9.18. The molecule has 1 unspecified atom stereocenters. The van der Waals surface area contributed by atoms with Crippen molar-refractivity contribution >= 4 is 15.9 Å². The normalized spacial score (nSPS) is 12.5. The van der Waals surface area contributed by atoms with Gasteiger partial charge in [-0.25, -0.2) is 8.78 Å². The molecule has 90 valence electrons. The number of alkyl halides is 1. The minimum atomic E-state index is -0.645. The van der Waals surface area contributed by atoms with Crippen molar-refractivity contribution in [2.45, 2.75) is 19.8 Å².